The number of rotatable bonds is 1. The van der Waals surface area contributed by atoms with Crippen LogP contribution in [-0.2, 0) is 17.6 Å². The third-order valence-electron chi connectivity index (χ3n) is 3.56. The van der Waals surface area contributed by atoms with Crippen LogP contribution in [0.1, 0.15) is 16.8 Å². The van der Waals surface area contributed by atoms with Crippen LogP contribution < -0.4 is 5.32 Å². The molecule has 1 aromatic carbocycles. The van der Waals surface area contributed by atoms with Gasteiger partial charge in [0.1, 0.15) is 0 Å². The molecule has 1 aliphatic rings. The molecule has 94 valence electrons. The minimum atomic E-state index is -0.356. The predicted octanol–water partition coefficient (Wildman–Crippen LogP) is 2.30. The van der Waals surface area contributed by atoms with Crippen molar-refractivity contribution in [3.63, 3.8) is 0 Å². The standard InChI is InChI=1S/C14H16N2O2/c1-8-3-4-12-10(5-8)11-6-9(7-13(11)16-12)15-14(17)18-2/h3-5,9,16H,6-7H2,1-2H3,(H,15,17). The number of hydrogen-bond acceptors (Lipinski definition) is 2. The Bertz CT molecular complexity index is 616. The van der Waals surface area contributed by atoms with E-state index in [9.17, 15) is 4.79 Å². The lowest BCUT2D eigenvalue weighted by atomic mass is 10.1. The SMILES string of the molecule is COC(=O)NC1Cc2[nH]c3ccc(C)cc3c2C1. The third-order valence-corrected chi connectivity index (χ3v) is 3.56. The molecule has 2 aromatic rings. The normalized spacial score (nSPS) is 17.8. The maximum Gasteiger partial charge on any atom is 0.407 e. The number of ether oxygens (including phenoxy) is 1. The number of aromatic nitrogens is 1. The van der Waals surface area contributed by atoms with Gasteiger partial charge in [-0.25, -0.2) is 4.79 Å². The van der Waals surface area contributed by atoms with Crippen molar-refractivity contribution in [2.24, 2.45) is 0 Å². The zero-order valence-corrected chi connectivity index (χ0v) is 10.5. The van der Waals surface area contributed by atoms with Gasteiger partial charge in [-0.05, 0) is 31.0 Å². The number of carbonyl (C=O) groups is 1. The molecule has 18 heavy (non-hydrogen) atoms. The first-order valence-corrected chi connectivity index (χ1v) is 6.12. The summed E-state index contributed by atoms with van der Waals surface area (Å²) in [6.07, 6.45) is 1.36. The van der Waals surface area contributed by atoms with Gasteiger partial charge in [0, 0.05) is 29.1 Å². The third kappa shape index (κ3) is 1.74. The average molecular weight is 244 g/mol. The number of amides is 1. The summed E-state index contributed by atoms with van der Waals surface area (Å²) >= 11 is 0. The topological polar surface area (TPSA) is 54.1 Å². The number of carbonyl (C=O) groups excluding carboxylic acids is 1. The van der Waals surface area contributed by atoms with Gasteiger partial charge in [0.15, 0.2) is 0 Å². The number of hydrogen-bond donors (Lipinski definition) is 2. The van der Waals surface area contributed by atoms with Crippen molar-refractivity contribution in [1.29, 1.82) is 0 Å². The number of aromatic amines is 1. The largest absolute Gasteiger partial charge is 0.453 e. The van der Waals surface area contributed by atoms with Gasteiger partial charge in [-0.3, -0.25) is 0 Å². The fraction of sp³-hybridized carbons (Fsp3) is 0.357. The lowest BCUT2D eigenvalue weighted by Crippen LogP contribution is -2.35. The van der Waals surface area contributed by atoms with Crippen LogP contribution in [0, 0.1) is 6.92 Å². The van der Waals surface area contributed by atoms with E-state index in [2.05, 4.69) is 40.2 Å². The van der Waals surface area contributed by atoms with Crippen LogP contribution in [0.2, 0.25) is 0 Å². The Balaban J connectivity index is 1.90. The molecule has 0 spiro atoms. The van der Waals surface area contributed by atoms with E-state index < -0.39 is 0 Å². The first-order chi connectivity index (χ1) is 8.67. The molecule has 1 unspecified atom stereocenters. The molecule has 3 rings (SSSR count). The van der Waals surface area contributed by atoms with E-state index in [0.29, 0.717) is 0 Å². The lowest BCUT2D eigenvalue weighted by molar-refractivity contribution is 0.167. The smallest absolute Gasteiger partial charge is 0.407 e. The summed E-state index contributed by atoms with van der Waals surface area (Å²) < 4.78 is 4.63. The Labute approximate surface area is 105 Å². The van der Waals surface area contributed by atoms with Gasteiger partial charge < -0.3 is 15.0 Å². The van der Waals surface area contributed by atoms with E-state index in [0.717, 1.165) is 12.8 Å². The quantitative estimate of drug-likeness (QED) is 0.808. The second kappa shape index (κ2) is 4.05. The van der Waals surface area contributed by atoms with Gasteiger partial charge in [0.25, 0.3) is 0 Å². The highest BCUT2D eigenvalue weighted by atomic mass is 16.5. The summed E-state index contributed by atoms with van der Waals surface area (Å²) in [4.78, 5) is 14.6. The molecule has 0 radical (unpaired) electrons. The maximum absolute atomic E-state index is 11.2. The number of alkyl carbamates (subject to hydrolysis) is 1. The van der Waals surface area contributed by atoms with Crippen molar-refractivity contribution in [2.75, 3.05) is 7.11 Å². The van der Waals surface area contributed by atoms with Crippen LogP contribution in [0.4, 0.5) is 4.79 Å². The fourth-order valence-electron chi connectivity index (χ4n) is 2.72. The minimum absolute atomic E-state index is 0.142. The van der Waals surface area contributed by atoms with Crippen LogP contribution in [0.15, 0.2) is 18.2 Å². The molecule has 1 atom stereocenters. The molecule has 0 bridgehead atoms. The van der Waals surface area contributed by atoms with Crippen LogP contribution in [0.5, 0.6) is 0 Å². The lowest BCUT2D eigenvalue weighted by Gasteiger charge is -2.10. The molecule has 0 saturated heterocycles. The van der Waals surface area contributed by atoms with Crippen LogP contribution in [0.25, 0.3) is 10.9 Å². The monoisotopic (exact) mass is 244 g/mol. The Hall–Kier alpha value is -1.97. The van der Waals surface area contributed by atoms with E-state index in [1.165, 1.54) is 34.8 Å². The number of benzene rings is 1. The Morgan fingerprint density at radius 1 is 1.44 bits per heavy atom. The molecule has 1 aromatic heterocycles. The molecule has 1 aliphatic carbocycles. The van der Waals surface area contributed by atoms with Crippen molar-refractivity contribution < 1.29 is 9.53 Å². The first kappa shape index (κ1) is 11.1. The average Bonchev–Trinajstić information content (AvgIpc) is 2.86. The van der Waals surface area contributed by atoms with Crippen molar-refractivity contribution in [2.45, 2.75) is 25.8 Å². The summed E-state index contributed by atoms with van der Waals surface area (Å²) in [5.74, 6) is 0. The second-order valence-corrected chi connectivity index (χ2v) is 4.87. The number of methoxy groups -OCH3 is 1. The van der Waals surface area contributed by atoms with Crippen molar-refractivity contribution in [3.8, 4) is 0 Å². The summed E-state index contributed by atoms with van der Waals surface area (Å²) in [6, 6.07) is 6.57. The number of fused-ring (bicyclic) bond motifs is 3. The molecular weight excluding hydrogens is 228 g/mol. The van der Waals surface area contributed by atoms with Gasteiger partial charge in [-0.15, -0.1) is 0 Å². The Kier molecular flexibility index (Phi) is 2.51. The Morgan fingerprint density at radius 2 is 2.28 bits per heavy atom. The molecular formula is C14H16N2O2. The summed E-state index contributed by atoms with van der Waals surface area (Å²) in [5, 5.41) is 4.14. The number of H-pyrrole nitrogens is 1. The molecule has 1 heterocycles. The van der Waals surface area contributed by atoms with E-state index in [4.69, 9.17) is 0 Å². The van der Waals surface area contributed by atoms with E-state index in [1.807, 2.05) is 0 Å². The van der Waals surface area contributed by atoms with E-state index in [1.54, 1.807) is 0 Å². The molecule has 4 nitrogen and oxygen atoms in total. The number of aryl methyl sites for hydroxylation is 1. The van der Waals surface area contributed by atoms with Gasteiger partial charge >= 0.3 is 6.09 Å². The molecule has 0 aliphatic heterocycles. The molecule has 0 saturated carbocycles. The first-order valence-electron chi connectivity index (χ1n) is 6.12. The van der Waals surface area contributed by atoms with Crippen LogP contribution in [-0.4, -0.2) is 24.2 Å². The fourth-order valence-corrected chi connectivity index (χ4v) is 2.72. The molecule has 2 N–H and O–H groups in total. The van der Waals surface area contributed by atoms with Crippen LogP contribution >= 0.6 is 0 Å². The van der Waals surface area contributed by atoms with Gasteiger partial charge in [-0.1, -0.05) is 11.6 Å². The number of nitrogens with one attached hydrogen (secondary N) is 2. The van der Waals surface area contributed by atoms with Crippen LogP contribution in [0.3, 0.4) is 0 Å². The predicted molar refractivity (Wildman–Crippen MR) is 69.8 cm³/mol. The van der Waals surface area contributed by atoms with Crippen molar-refractivity contribution in [1.82, 2.24) is 10.3 Å². The molecule has 4 heteroatoms. The highest BCUT2D eigenvalue weighted by molar-refractivity contribution is 5.86. The zero-order chi connectivity index (χ0) is 12.7. The Morgan fingerprint density at radius 3 is 3.06 bits per heavy atom. The van der Waals surface area contributed by atoms with Crippen molar-refractivity contribution >= 4 is 17.0 Å². The van der Waals surface area contributed by atoms with Crippen molar-refractivity contribution in [3.05, 3.63) is 35.0 Å². The second-order valence-electron chi connectivity index (χ2n) is 4.87. The van der Waals surface area contributed by atoms with E-state index >= 15 is 0 Å². The highest BCUT2D eigenvalue weighted by Crippen LogP contribution is 2.30. The van der Waals surface area contributed by atoms with E-state index in [-0.39, 0.29) is 12.1 Å². The minimum Gasteiger partial charge on any atom is -0.453 e. The molecule has 1 amide bonds. The summed E-state index contributed by atoms with van der Waals surface area (Å²) in [6.45, 7) is 2.10. The highest BCUT2D eigenvalue weighted by Gasteiger charge is 2.26. The maximum atomic E-state index is 11.2. The summed E-state index contributed by atoms with van der Waals surface area (Å²) in [5.41, 5.74) is 5.00. The van der Waals surface area contributed by atoms with Gasteiger partial charge in [0.2, 0.25) is 0 Å². The van der Waals surface area contributed by atoms with Gasteiger partial charge in [-0.2, -0.15) is 0 Å². The van der Waals surface area contributed by atoms with Gasteiger partial charge in [0.05, 0.1) is 7.11 Å². The molecule has 0 fully saturated rings. The summed E-state index contributed by atoms with van der Waals surface area (Å²) in [7, 11) is 1.39. The zero-order valence-electron chi connectivity index (χ0n) is 10.5.